The van der Waals surface area contributed by atoms with Crippen molar-refractivity contribution in [3.63, 3.8) is 0 Å². The average molecular weight is 363 g/mol. The molecule has 6 heteroatoms. The SMILES string of the molecule is CCCCN(C)C(=O)c1cc(Nc2ccccc2Br)ncn1. The van der Waals surface area contributed by atoms with Gasteiger partial charge < -0.3 is 10.2 Å². The molecule has 1 aromatic carbocycles. The van der Waals surface area contributed by atoms with Gasteiger partial charge in [0.15, 0.2) is 0 Å². The highest BCUT2D eigenvalue weighted by Crippen LogP contribution is 2.24. The van der Waals surface area contributed by atoms with Crippen LogP contribution in [0.5, 0.6) is 0 Å². The molecular weight excluding hydrogens is 344 g/mol. The molecular formula is C16H19BrN4O. The molecule has 0 unspecified atom stereocenters. The molecule has 0 bridgehead atoms. The molecule has 2 aromatic rings. The highest BCUT2D eigenvalue weighted by molar-refractivity contribution is 9.10. The zero-order valence-corrected chi connectivity index (χ0v) is 14.3. The molecule has 22 heavy (non-hydrogen) atoms. The number of amides is 1. The van der Waals surface area contributed by atoms with Crippen molar-refractivity contribution in [3.8, 4) is 0 Å². The van der Waals surface area contributed by atoms with Gasteiger partial charge in [0, 0.05) is 24.1 Å². The molecule has 2 rings (SSSR count). The third-order valence-electron chi connectivity index (χ3n) is 3.22. The van der Waals surface area contributed by atoms with Crippen LogP contribution >= 0.6 is 15.9 Å². The number of unbranched alkanes of at least 4 members (excludes halogenated alkanes) is 1. The minimum Gasteiger partial charge on any atom is -0.340 e. The Kier molecular flexibility index (Phi) is 5.89. The molecule has 0 saturated heterocycles. The Morgan fingerprint density at radius 3 is 2.82 bits per heavy atom. The number of anilines is 2. The summed E-state index contributed by atoms with van der Waals surface area (Å²) in [7, 11) is 1.79. The number of para-hydroxylation sites is 1. The van der Waals surface area contributed by atoms with Crippen molar-refractivity contribution in [1.82, 2.24) is 14.9 Å². The van der Waals surface area contributed by atoms with E-state index in [9.17, 15) is 4.79 Å². The number of nitrogens with one attached hydrogen (secondary N) is 1. The van der Waals surface area contributed by atoms with Crippen LogP contribution in [0.2, 0.25) is 0 Å². The van der Waals surface area contributed by atoms with E-state index in [2.05, 4.69) is 38.1 Å². The van der Waals surface area contributed by atoms with E-state index in [0.29, 0.717) is 11.5 Å². The fraction of sp³-hybridized carbons (Fsp3) is 0.312. The van der Waals surface area contributed by atoms with Crippen LogP contribution in [0.25, 0.3) is 0 Å². The monoisotopic (exact) mass is 362 g/mol. The van der Waals surface area contributed by atoms with Gasteiger partial charge in [0.1, 0.15) is 17.8 Å². The zero-order chi connectivity index (χ0) is 15.9. The van der Waals surface area contributed by atoms with Gasteiger partial charge in [-0.25, -0.2) is 9.97 Å². The van der Waals surface area contributed by atoms with Gasteiger partial charge in [-0.15, -0.1) is 0 Å². The van der Waals surface area contributed by atoms with E-state index in [1.807, 2.05) is 24.3 Å². The van der Waals surface area contributed by atoms with E-state index in [4.69, 9.17) is 0 Å². The summed E-state index contributed by atoms with van der Waals surface area (Å²) in [6.45, 7) is 2.83. The molecule has 1 aromatic heterocycles. The standard InChI is InChI=1S/C16H19BrN4O/c1-3-4-9-21(2)16(22)14-10-15(19-11-18-14)20-13-8-6-5-7-12(13)17/h5-8,10-11H,3-4,9H2,1-2H3,(H,18,19,20). The number of nitrogens with zero attached hydrogens (tertiary/aromatic N) is 3. The summed E-state index contributed by atoms with van der Waals surface area (Å²) in [5.74, 6) is 0.500. The van der Waals surface area contributed by atoms with Crippen LogP contribution in [0.3, 0.4) is 0 Å². The summed E-state index contributed by atoms with van der Waals surface area (Å²) in [4.78, 5) is 22.3. The van der Waals surface area contributed by atoms with Crippen LogP contribution in [0, 0.1) is 0 Å². The first-order valence-electron chi connectivity index (χ1n) is 7.21. The maximum atomic E-state index is 12.3. The van der Waals surface area contributed by atoms with Gasteiger partial charge in [0.2, 0.25) is 0 Å². The third kappa shape index (κ3) is 4.27. The second-order valence-electron chi connectivity index (χ2n) is 4.97. The molecule has 0 radical (unpaired) electrons. The van der Waals surface area contributed by atoms with Crippen molar-refractivity contribution in [2.24, 2.45) is 0 Å². The molecule has 0 aliphatic rings. The lowest BCUT2D eigenvalue weighted by Crippen LogP contribution is -2.28. The van der Waals surface area contributed by atoms with E-state index in [-0.39, 0.29) is 5.91 Å². The van der Waals surface area contributed by atoms with Crippen molar-refractivity contribution in [1.29, 1.82) is 0 Å². The van der Waals surface area contributed by atoms with Crippen molar-refractivity contribution < 1.29 is 4.79 Å². The van der Waals surface area contributed by atoms with Gasteiger partial charge >= 0.3 is 0 Å². The molecule has 0 spiro atoms. The lowest BCUT2D eigenvalue weighted by Gasteiger charge is -2.16. The van der Waals surface area contributed by atoms with Crippen LogP contribution in [0.1, 0.15) is 30.3 Å². The lowest BCUT2D eigenvalue weighted by atomic mass is 10.3. The lowest BCUT2D eigenvalue weighted by molar-refractivity contribution is 0.0787. The van der Waals surface area contributed by atoms with Gasteiger partial charge in [-0.1, -0.05) is 25.5 Å². The average Bonchev–Trinajstić information content (AvgIpc) is 2.54. The Bertz CT molecular complexity index is 648. The fourth-order valence-corrected chi connectivity index (χ4v) is 2.32. The highest BCUT2D eigenvalue weighted by Gasteiger charge is 2.13. The number of halogens is 1. The van der Waals surface area contributed by atoms with E-state index >= 15 is 0 Å². The maximum absolute atomic E-state index is 12.3. The van der Waals surface area contributed by atoms with E-state index in [0.717, 1.165) is 29.5 Å². The maximum Gasteiger partial charge on any atom is 0.272 e. The molecule has 0 saturated carbocycles. The molecule has 0 aliphatic heterocycles. The minimum atomic E-state index is -0.0916. The normalized spacial score (nSPS) is 10.3. The van der Waals surface area contributed by atoms with Gasteiger partial charge in [0.25, 0.3) is 5.91 Å². The topological polar surface area (TPSA) is 58.1 Å². The predicted octanol–water partition coefficient (Wildman–Crippen LogP) is 3.85. The van der Waals surface area contributed by atoms with Crippen LogP contribution in [-0.2, 0) is 0 Å². The molecule has 1 amide bonds. The first-order chi connectivity index (χ1) is 10.6. The number of hydrogen-bond acceptors (Lipinski definition) is 4. The second-order valence-corrected chi connectivity index (χ2v) is 5.83. The van der Waals surface area contributed by atoms with E-state index in [1.54, 1.807) is 18.0 Å². The molecule has 0 aliphatic carbocycles. The van der Waals surface area contributed by atoms with Crippen molar-refractivity contribution >= 4 is 33.3 Å². The quantitative estimate of drug-likeness (QED) is 0.847. The van der Waals surface area contributed by atoms with Crippen LogP contribution in [0.15, 0.2) is 41.1 Å². The summed E-state index contributed by atoms with van der Waals surface area (Å²) >= 11 is 3.47. The molecule has 116 valence electrons. The molecule has 0 fully saturated rings. The first kappa shape index (κ1) is 16.4. The second kappa shape index (κ2) is 7.89. The Morgan fingerprint density at radius 2 is 2.09 bits per heavy atom. The Hall–Kier alpha value is -1.95. The molecule has 1 N–H and O–H groups in total. The molecule has 1 heterocycles. The highest BCUT2D eigenvalue weighted by atomic mass is 79.9. The van der Waals surface area contributed by atoms with E-state index in [1.165, 1.54) is 6.33 Å². The van der Waals surface area contributed by atoms with Gasteiger partial charge in [-0.2, -0.15) is 0 Å². The molecule has 0 atom stereocenters. The molecule has 5 nitrogen and oxygen atoms in total. The number of hydrogen-bond donors (Lipinski definition) is 1. The number of benzene rings is 1. The summed E-state index contributed by atoms with van der Waals surface area (Å²) in [6.07, 6.45) is 3.44. The fourth-order valence-electron chi connectivity index (χ4n) is 1.94. The summed E-state index contributed by atoms with van der Waals surface area (Å²) in [6, 6.07) is 9.41. The van der Waals surface area contributed by atoms with Crippen molar-refractivity contribution in [2.75, 3.05) is 18.9 Å². The minimum absolute atomic E-state index is 0.0916. The summed E-state index contributed by atoms with van der Waals surface area (Å²) in [5.41, 5.74) is 1.28. The largest absolute Gasteiger partial charge is 0.340 e. The number of carbonyl (C=O) groups excluding carboxylic acids is 1. The number of rotatable bonds is 6. The summed E-state index contributed by atoms with van der Waals surface area (Å²) < 4.78 is 0.932. The number of carbonyl (C=O) groups is 1. The Labute approximate surface area is 138 Å². The predicted molar refractivity (Wildman–Crippen MR) is 91.3 cm³/mol. The van der Waals surface area contributed by atoms with Gasteiger partial charge in [-0.3, -0.25) is 4.79 Å². The smallest absolute Gasteiger partial charge is 0.272 e. The van der Waals surface area contributed by atoms with Crippen LogP contribution < -0.4 is 5.32 Å². The van der Waals surface area contributed by atoms with Gasteiger partial charge in [-0.05, 0) is 34.5 Å². The first-order valence-corrected chi connectivity index (χ1v) is 8.00. The Balaban J connectivity index is 2.13. The van der Waals surface area contributed by atoms with Crippen LogP contribution in [-0.4, -0.2) is 34.4 Å². The zero-order valence-electron chi connectivity index (χ0n) is 12.7. The third-order valence-corrected chi connectivity index (χ3v) is 3.91. The van der Waals surface area contributed by atoms with Crippen molar-refractivity contribution in [2.45, 2.75) is 19.8 Å². The van der Waals surface area contributed by atoms with Gasteiger partial charge in [0.05, 0.1) is 5.69 Å². The van der Waals surface area contributed by atoms with E-state index < -0.39 is 0 Å². The number of aromatic nitrogens is 2. The summed E-state index contributed by atoms with van der Waals surface area (Å²) in [5, 5.41) is 3.18. The van der Waals surface area contributed by atoms with Crippen molar-refractivity contribution in [3.05, 3.63) is 46.8 Å². The Morgan fingerprint density at radius 1 is 1.32 bits per heavy atom. The van der Waals surface area contributed by atoms with Crippen LogP contribution in [0.4, 0.5) is 11.5 Å².